The van der Waals surface area contributed by atoms with Gasteiger partial charge in [-0.3, -0.25) is 14.9 Å². The minimum absolute atomic E-state index is 0.0158. The molecule has 1 rings (SSSR count). The Bertz CT molecular complexity index is 504. The van der Waals surface area contributed by atoms with Gasteiger partial charge in [-0.1, -0.05) is 6.07 Å². The van der Waals surface area contributed by atoms with Crippen LogP contribution < -0.4 is 0 Å². The van der Waals surface area contributed by atoms with Crippen molar-refractivity contribution in [1.82, 2.24) is 4.90 Å². The average molecular weight is 282 g/mol. The van der Waals surface area contributed by atoms with Gasteiger partial charge in [-0.15, -0.1) is 0 Å². The maximum absolute atomic E-state index is 12.2. The van der Waals surface area contributed by atoms with E-state index in [2.05, 4.69) is 0 Å². The van der Waals surface area contributed by atoms with Crippen molar-refractivity contribution in [1.29, 1.82) is 0 Å². The first-order valence-corrected chi connectivity index (χ1v) is 6.04. The summed E-state index contributed by atoms with van der Waals surface area (Å²) >= 11 is 0. The molecule has 0 aromatic heterocycles. The number of amides is 1. The SMILES string of the molecule is COCC(O)CN(C)C(=O)c1cc(C)ccc1[N+](=O)[O-]. The number of rotatable bonds is 6. The van der Waals surface area contributed by atoms with Crippen LogP contribution in [0, 0.1) is 17.0 Å². The van der Waals surface area contributed by atoms with E-state index in [9.17, 15) is 20.0 Å². The third kappa shape index (κ3) is 4.01. The molecule has 7 nitrogen and oxygen atoms in total. The van der Waals surface area contributed by atoms with Crippen molar-refractivity contribution in [3.05, 3.63) is 39.4 Å². The van der Waals surface area contributed by atoms with Gasteiger partial charge in [-0.05, 0) is 18.6 Å². The van der Waals surface area contributed by atoms with Crippen LogP contribution >= 0.6 is 0 Å². The fraction of sp³-hybridized carbons (Fsp3) is 0.462. The Morgan fingerprint density at radius 3 is 2.75 bits per heavy atom. The summed E-state index contributed by atoms with van der Waals surface area (Å²) < 4.78 is 4.77. The molecule has 0 saturated heterocycles. The molecular weight excluding hydrogens is 264 g/mol. The summed E-state index contributed by atoms with van der Waals surface area (Å²) in [7, 11) is 2.92. The molecule has 1 N–H and O–H groups in total. The maximum Gasteiger partial charge on any atom is 0.282 e. The molecule has 1 unspecified atom stereocenters. The molecule has 0 aliphatic rings. The van der Waals surface area contributed by atoms with Gasteiger partial charge in [-0.25, -0.2) is 0 Å². The lowest BCUT2D eigenvalue weighted by Gasteiger charge is -2.20. The van der Waals surface area contributed by atoms with E-state index in [1.165, 1.54) is 31.2 Å². The van der Waals surface area contributed by atoms with E-state index in [4.69, 9.17) is 4.74 Å². The summed E-state index contributed by atoms with van der Waals surface area (Å²) in [5.74, 6) is -0.504. The van der Waals surface area contributed by atoms with Crippen molar-refractivity contribution in [3.8, 4) is 0 Å². The second kappa shape index (κ2) is 6.97. The molecule has 1 aromatic rings. The topological polar surface area (TPSA) is 92.9 Å². The smallest absolute Gasteiger partial charge is 0.282 e. The fourth-order valence-electron chi connectivity index (χ4n) is 1.83. The average Bonchev–Trinajstić information content (AvgIpc) is 2.37. The zero-order valence-electron chi connectivity index (χ0n) is 11.7. The minimum Gasteiger partial charge on any atom is -0.389 e. The molecule has 0 bridgehead atoms. The lowest BCUT2D eigenvalue weighted by molar-refractivity contribution is -0.385. The normalized spacial score (nSPS) is 12.0. The van der Waals surface area contributed by atoms with Crippen molar-refractivity contribution in [2.45, 2.75) is 13.0 Å². The summed E-state index contributed by atoms with van der Waals surface area (Å²) in [5, 5.41) is 20.5. The van der Waals surface area contributed by atoms with Crippen LogP contribution in [-0.4, -0.2) is 54.3 Å². The van der Waals surface area contributed by atoms with Crippen LogP contribution in [0.1, 0.15) is 15.9 Å². The minimum atomic E-state index is -0.835. The number of nitro groups is 1. The first kappa shape index (κ1) is 16.1. The Balaban J connectivity index is 2.96. The van der Waals surface area contributed by atoms with Gasteiger partial charge < -0.3 is 14.7 Å². The Kier molecular flexibility index (Phi) is 5.60. The molecule has 0 aliphatic heterocycles. The van der Waals surface area contributed by atoms with Crippen molar-refractivity contribution < 1.29 is 19.6 Å². The second-order valence-electron chi connectivity index (χ2n) is 4.57. The van der Waals surface area contributed by atoms with Gasteiger partial charge in [0.2, 0.25) is 0 Å². The lowest BCUT2D eigenvalue weighted by atomic mass is 10.1. The molecule has 0 saturated carbocycles. The summed E-state index contributed by atoms with van der Waals surface area (Å²) in [6, 6.07) is 4.36. The van der Waals surface area contributed by atoms with E-state index in [1.807, 2.05) is 0 Å². The van der Waals surface area contributed by atoms with Gasteiger partial charge in [0.05, 0.1) is 17.6 Å². The number of aliphatic hydroxyl groups is 1. The molecular formula is C13H18N2O5. The van der Waals surface area contributed by atoms with Crippen LogP contribution in [0.3, 0.4) is 0 Å². The highest BCUT2D eigenvalue weighted by molar-refractivity contribution is 5.98. The van der Waals surface area contributed by atoms with Crippen LogP contribution in [0.4, 0.5) is 5.69 Å². The number of hydrogen-bond donors (Lipinski definition) is 1. The number of benzene rings is 1. The predicted molar refractivity (Wildman–Crippen MR) is 72.7 cm³/mol. The van der Waals surface area contributed by atoms with E-state index in [-0.39, 0.29) is 24.4 Å². The summed E-state index contributed by atoms with van der Waals surface area (Å²) in [4.78, 5) is 23.8. The molecule has 1 atom stereocenters. The van der Waals surface area contributed by atoms with Crippen LogP contribution in [-0.2, 0) is 4.74 Å². The molecule has 0 spiro atoms. The number of aliphatic hydroxyl groups excluding tert-OH is 1. The Morgan fingerprint density at radius 2 is 2.20 bits per heavy atom. The second-order valence-corrected chi connectivity index (χ2v) is 4.57. The summed E-state index contributed by atoms with van der Waals surface area (Å²) in [5.41, 5.74) is 0.528. The molecule has 7 heteroatoms. The zero-order chi connectivity index (χ0) is 15.3. The van der Waals surface area contributed by atoms with Crippen LogP contribution in [0.25, 0.3) is 0 Å². The highest BCUT2D eigenvalue weighted by atomic mass is 16.6. The quantitative estimate of drug-likeness (QED) is 0.620. The fourth-order valence-corrected chi connectivity index (χ4v) is 1.83. The number of carbonyl (C=O) groups is 1. The number of carbonyl (C=O) groups excluding carboxylic acids is 1. The van der Waals surface area contributed by atoms with E-state index in [0.717, 1.165) is 5.56 Å². The number of likely N-dealkylation sites (N-methyl/N-ethyl adjacent to an activating group) is 1. The third-order valence-electron chi connectivity index (χ3n) is 2.77. The lowest BCUT2D eigenvalue weighted by Crippen LogP contribution is -2.36. The van der Waals surface area contributed by atoms with Crippen molar-refractivity contribution >= 4 is 11.6 Å². The van der Waals surface area contributed by atoms with Gasteiger partial charge in [0.25, 0.3) is 11.6 Å². The molecule has 0 aliphatic carbocycles. The number of methoxy groups -OCH3 is 1. The van der Waals surface area contributed by atoms with Crippen molar-refractivity contribution in [3.63, 3.8) is 0 Å². The molecule has 1 amide bonds. The standard InChI is InChI=1S/C13H18N2O5/c1-9-4-5-12(15(18)19)11(6-9)13(17)14(2)7-10(16)8-20-3/h4-6,10,16H,7-8H2,1-3H3. The number of hydrogen-bond acceptors (Lipinski definition) is 5. The van der Waals surface area contributed by atoms with E-state index in [0.29, 0.717) is 0 Å². The van der Waals surface area contributed by atoms with Crippen LogP contribution in [0.5, 0.6) is 0 Å². The van der Waals surface area contributed by atoms with Crippen LogP contribution in [0.2, 0.25) is 0 Å². The number of aryl methyl sites for hydroxylation is 1. The monoisotopic (exact) mass is 282 g/mol. The number of nitrogens with zero attached hydrogens (tertiary/aromatic N) is 2. The first-order chi connectivity index (χ1) is 9.36. The van der Waals surface area contributed by atoms with Gasteiger partial charge in [-0.2, -0.15) is 0 Å². The van der Waals surface area contributed by atoms with E-state index < -0.39 is 16.9 Å². The highest BCUT2D eigenvalue weighted by Gasteiger charge is 2.24. The molecule has 20 heavy (non-hydrogen) atoms. The summed E-state index contributed by atoms with van der Waals surface area (Å²) in [6.45, 7) is 1.88. The van der Waals surface area contributed by atoms with E-state index >= 15 is 0 Å². The zero-order valence-corrected chi connectivity index (χ0v) is 11.7. The van der Waals surface area contributed by atoms with Crippen LogP contribution in [0.15, 0.2) is 18.2 Å². The van der Waals surface area contributed by atoms with Crippen molar-refractivity contribution in [2.24, 2.45) is 0 Å². The predicted octanol–water partition coefficient (Wildman–Crippen LogP) is 0.983. The first-order valence-electron chi connectivity index (χ1n) is 6.04. The Morgan fingerprint density at radius 1 is 1.55 bits per heavy atom. The van der Waals surface area contributed by atoms with Gasteiger partial charge in [0, 0.05) is 26.8 Å². The molecule has 0 fully saturated rings. The third-order valence-corrected chi connectivity index (χ3v) is 2.77. The molecule has 1 aromatic carbocycles. The maximum atomic E-state index is 12.2. The highest BCUT2D eigenvalue weighted by Crippen LogP contribution is 2.21. The number of nitro benzene ring substituents is 1. The number of ether oxygens (including phenoxy) is 1. The largest absolute Gasteiger partial charge is 0.389 e. The van der Waals surface area contributed by atoms with Gasteiger partial charge in [0.1, 0.15) is 5.56 Å². The molecule has 0 heterocycles. The van der Waals surface area contributed by atoms with Crippen molar-refractivity contribution in [2.75, 3.05) is 27.3 Å². The molecule has 110 valence electrons. The molecule has 0 radical (unpaired) electrons. The van der Waals surface area contributed by atoms with Gasteiger partial charge in [0.15, 0.2) is 0 Å². The van der Waals surface area contributed by atoms with Gasteiger partial charge >= 0.3 is 0 Å². The van der Waals surface area contributed by atoms with E-state index in [1.54, 1.807) is 13.0 Å². The Hall–Kier alpha value is -1.99. The Labute approximate surface area is 116 Å². The summed E-state index contributed by atoms with van der Waals surface area (Å²) in [6.07, 6.45) is -0.835.